The number of rotatable bonds is 10. The molecule has 0 atom stereocenters. The molecule has 0 aliphatic carbocycles. The van der Waals surface area contributed by atoms with E-state index in [-0.39, 0.29) is 11.8 Å². The number of nitrogens with zero attached hydrogens (tertiary/aromatic N) is 4. The number of hydrogen-bond acceptors (Lipinski definition) is 8. The second kappa shape index (κ2) is 12.1. The first-order valence-corrected chi connectivity index (χ1v) is 11.9. The van der Waals surface area contributed by atoms with Gasteiger partial charge in [0, 0.05) is 11.4 Å². The molecule has 0 aliphatic rings. The minimum absolute atomic E-state index is 0.261. The van der Waals surface area contributed by atoms with Crippen LogP contribution in [0.5, 0.6) is 5.75 Å². The molecule has 8 nitrogen and oxygen atoms in total. The second-order valence-corrected chi connectivity index (χ2v) is 8.15. The summed E-state index contributed by atoms with van der Waals surface area (Å²) in [6.07, 6.45) is 1.64. The van der Waals surface area contributed by atoms with Crippen LogP contribution in [-0.2, 0) is 6.61 Å². The van der Waals surface area contributed by atoms with Gasteiger partial charge in [0.2, 0.25) is 17.8 Å². The topological polar surface area (TPSA) is 96.4 Å². The van der Waals surface area contributed by atoms with E-state index in [0.717, 1.165) is 22.5 Å². The zero-order chi connectivity index (χ0) is 26.0. The van der Waals surface area contributed by atoms with E-state index in [0.29, 0.717) is 24.3 Å². The van der Waals surface area contributed by atoms with Crippen molar-refractivity contribution < 1.29 is 9.13 Å². The SMILES string of the molecule is Fc1ccc(COc2cccc(/C=N/Nc3nc(Nc4ccccc4)nc(Nc4ccccc4)n3)c2)cc1. The summed E-state index contributed by atoms with van der Waals surface area (Å²) < 4.78 is 18.9. The van der Waals surface area contributed by atoms with Crippen LogP contribution in [0, 0.1) is 5.82 Å². The molecule has 5 rings (SSSR count). The summed E-state index contributed by atoms with van der Waals surface area (Å²) in [4.78, 5) is 13.4. The summed E-state index contributed by atoms with van der Waals surface area (Å²) >= 11 is 0. The summed E-state index contributed by atoms with van der Waals surface area (Å²) in [5.41, 5.74) is 6.26. The summed E-state index contributed by atoms with van der Waals surface area (Å²) in [5, 5.41) is 10.7. The molecular formula is C29H24FN7O. The Morgan fingerprint density at radius 3 is 1.92 bits per heavy atom. The fourth-order valence-electron chi connectivity index (χ4n) is 3.44. The number of hydrazone groups is 1. The van der Waals surface area contributed by atoms with Gasteiger partial charge in [0.25, 0.3) is 0 Å². The molecule has 0 unspecified atom stereocenters. The van der Waals surface area contributed by atoms with Crippen LogP contribution in [0.2, 0.25) is 0 Å². The molecule has 1 heterocycles. The van der Waals surface area contributed by atoms with Crippen LogP contribution in [-0.4, -0.2) is 21.2 Å². The lowest BCUT2D eigenvalue weighted by molar-refractivity contribution is 0.306. The molecule has 188 valence electrons. The molecule has 1 aromatic heterocycles. The Morgan fingerprint density at radius 1 is 0.684 bits per heavy atom. The molecule has 9 heteroatoms. The molecule has 38 heavy (non-hydrogen) atoms. The number of ether oxygens (including phenoxy) is 1. The van der Waals surface area contributed by atoms with Crippen LogP contribution in [0.1, 0.15) is 11.1 Å². The van der Waals surface area contributed by atoms with Gasteiger partial charge in [-0.2, -0.15) is 20.1 Å². The Bertz CT molecular complexity index is 1440. The largest absolute Gasteiger partial charge is 0.489 e. The van der Waals surface area contributed by atoms with Gasteiger partial charge in [-0.25, -0.2) is 9.82 Å². The third-order valence-corrected chi connectivity index (χ3v) is 5.25. The summed E-state index contributed by atoms with van der Waals surface area (Å²) in [6, 6.07) is 32.9. The van der Waals surface area contributed by atoms with Crippen molar-refractivity contribution in [2.75, 3.05) is 16.1 Å². The van der Waals surface area contributed by atoms with Gasteiger partial charge in [-0.1, -0.05) is 60.7 Å². The zero-order valence-electron chi connectivity index (χ0n) is 20.3. The van der Waals surface area contributed by atoms with Crippen LogP contribution in [0.3, 0.4) is 0 Å². The Kier molecular flexibility index (Phi) is 7.76. The molecular weight excluding hydrogens is 481 g/mol. The molecule has 3 N–H and O–H groups in total. The molecule has 0 radical (unpaired) electrons. The fraction of sp³-hybridized carbons (Fsp3) is 0.0345. The van der Waals surface area contributed by atoms with E-state index >= 15 is 0 Å². The highest BCUT2D eigenvalue weighted by Gasteiger charge is 2.07. The maximum atomic E-state index is 13.1. The molecule has 0 saturated heterocycles. The van der Waals surface area contributed by atoms with Crippen molar-refractivity contribution in [3.8, 4) is 5.75 Å². The minimum atomic E-state index is -0.274. The van der Waals surface area contributed by atoms with Crippen LogP contribution >= 0.6 is 0 Å². The molecule has 0 saturated carbocycles. The maximum Gasteiger partial charge on any atom is 0.250 e. The van der Waals surface area contributed by atoms with Gasteiger partial charge < -0.3 is 15.4 Å². The third-order valence-electron chi connectivity index (χ3n) is 5.25. The van der Waals surface area contributed by atoms with Crippen molar-refractivity contribution in [3.05, 3.63) is 126 Å². The first kappa shape index (κ1) is 24.4. The van der Waals surface area contributed by atoms with E-state index in [1.165, 1.54) is 12.1 Å². The second-order valence-electron chi connectivity index (χ2n) is 8.15. The number of halogens is 1. The number of benzene rings is 4. The minimum Gasteiger partial charge on any atom is -0.489 e. The number of anilines is 5. The summed E-state index contributed by atoms with van der Waals surface area (Å²) in [6.45, 7) is 0.332. The van der Waals surface area contributed by atoms with Crippen molar-refractivity contribution in [2.24, 2.45) is 5.10 Å². The van der Waals surface area contributed by atoms with Gasteiger partial charge in [-0.05, 0) is 59.7 Å². The first-order valence-electron chi connectivity index (χ1n) is 11.9. The lowest BCUT2D eigenvalue weighted by atomic mass is 10.2. The zero-order valence-corrected chi connectivity index (χ0v) is 20.3. The highest BCUT2D eigenvalue weighted by Crippen LogP contribution is 2.19. The van der Waals surface area contributed by atoms with Gasteiger partial charge in [-0.3, -0.25) is 0 Å². The quantitative estimate of drug-likeness (QED) is 0.147. The third kappa shape index (κ3) is 7.11. The maximum absolute atomic E-state index is 13.1. The van der Waals surface area contributed by atoms with E-state index in [1.807, 2.05) is 84.9 Å². The summed E-state index contributed by atoms with van der Waals surface area (Å²) in [7, 11) is 0. The van der Waals surface area contributed by atoms with E-state index in [1.54, 1.807) is 18.3 Å². The van der Waals surface area contributed by atoms with Crippen LogP contribution < -0.4 is 20.8 Å². The average Bonchev–Trinajstić information content (AvgIpc) is 2.94. The lowest BCUT2D eigenvalue weighted by Crippen LogP contribution is -2.07. The molecule has 5 aromatic rings. The Balaban J connectivity index is 1.28. The Hall–Kier alpha value is -5.31. The molecule has 0 aliphatic heterocycles. The van der Waals surface area contributed by atoms with Crippen LogP contribution in [0.15, 0.2) is 114 Å². The molecule has 0 spiro atoms. The standard InChI is InChI=1S/C29H24FN7O/c30-23-16-14-21(15-17-23)20-38-26-13-7-8-22(18-26)19-31-37-29-35-27(32-24-9-3-1-4-10-24)34-28(36-29)33-25-11-5-2-6-12-25/h1-19H,20H2,(H3,32,33,34,35,36,37)/b31-19+. The lowest BCUT2D eigenvalue weighted by Gasteiger charge is -2.10. The number of para-hydroxylation sites is 2. The Labute approximate surface area is 219 Å². The monoisotopic (exact) mass is 505 g/mol. The first-order chi connectivity index (χ1) is 18.7. The van der Waals surface area contributed by atoms with E-state index in [2.05, 4.69) is 36.1 Å². The molecule has 0 amide bonds. The van der Waals surface area contributed by atoms with Crippen molar-refractivity contribution in [3.63, 3.8) is 0 Å². The number of aromatic nitrogens is 3. The van der Waals surface area contributed by atoms with Gasteiger partial charge in [-0.15, -0.1) is 0 Å². The van der Waals surface area contributed by atoms with Gasteiger partial charge in [0.05, 0.1) is 6.21 Å². The van der Waals surface area contributed by atoms with E-state index in [9.17, 15) is 4.39 Å². The molecule has 0 fully saturated rings. The molecule has 0 bridgehead atoms. The van der Waals surface area contributed by atoms with Crippen molar-refractivity contribution >= 4 is 35.4 Å². The highest BCUT2D eigenvalue weighted by molar-refractivity contribution is 5.80. The van der Waals surface area contributed by atoms with Crippen LogP contribution in [0.25, 0.3) is 0 Å². The average molecular weight is 506 g/mol. The van der Waals surface area contributed by atoms with Crippen molar-refractivity contribution in [1.82, 2.24) is 15.0 Å². The van der Waals surface area contributed by atoms with Crippen molar-refractivity contribution in [1.29, 1.82) is 0 Å². The number of nitrogens with one attached hydrogen (secondary N) is 3. The predicted molar refractivity (Wildman–Crippen MR) is 148 cm³/mol. The fourth-order valence-corrected chi connectivity index (χ4v) is 3.44. The summed E-state index contributed by atoms with van der Waals surface area (Å²) in [5.74, 6) is 1.37. The highest BCUT2D eigenvalue weighted by atomic mass is 19.1. The van der Waals surface area contributed by atoms with Crippen molar-refractivity contribution in [2.45, 2.75) is 6.61 Å². The van der Waals surface area contributed by atoms with E-state index in [4.69, 9.17) is 4.74 Å². The van der Waals surface area contributed by atoms with Gasteiger partial charge in [0.1, 0.15) is 18.2 Å². The van der Waals surface area contributed by atoms with Crippen LogP contribution in [0.4, 0.5) is 33.6 Å². The number of hydrogen-bond donors (Lipinski definition) is 3. The normalized spacial score (nSPS) is 10.8. The van der Waals surface area contributed by atoms with Gasteiger partial charge in [0.15, 0.2) is 0 Å². The smallest absolute Gasteiger partial charge is 0.250 e. The van der Waals surface area contributed by atoms with Gasteiger partial charge >= 0.3 is 0 Å². The Morgan fingerprint density at radius 2 is 1.29 bits per heavy atom. The molecule has 4 aromatic carbocycles. The predicted octanol–water partition coefficient (Wildman–Crippen LogP) is 6.52. The van der Waals surface area contributed by atoms with E-state index < -0.39 is 0 Å².